The molecule has 0 bridgehead atoms. The molecule has 150 valence electrons. The maximum Gasteiger partial charge on any atom is 0.191 e. The van der Waals surface area contributed by atoms with Crippen molar-refractivity contribution in [2.75, 3.05) is 52.5 Å². The summed E-state index contributed by atoms with van der Waals surface area (Å²) in [6.07, 6.45) is 2.86. The van der Waals surface area contributed by atoms with E-state index in [1.807, 2.05) is 0 Å². The molecule has 2 aliphatic heterocycles. The number of hydrogen-bond donors (Lipinski definition) is 3. The first-order valence-corrected chi connectivity index (χ1v) is 10.2. The maximum absolute atomic E-state index is 9.38. The Kier molecular flexibility index (Phi) is 7.50. The first kappa shape index (κ1) is 20.1. The number of benzene rings is 1. The average Bonchev–Trinajstić information content (AvgIpc) is 3.15. The maximum atomic E-state index is 9.38. The fourth-order valence-corrected chi connectivity index (χ4v) is 3.95. The fourth-order valence-electron chi connectivity index (χ4n) is 3.95. The van der Waals surface area contributed by atoms with Crippen LogP contribution >= 0.6 is 0 Å². The number of aliphatic hydroxyl groups is 1. The minimum atomic E-state index is -0.00627. The zero-order valence-electron chi connectivity index (χ0n) is 16.5. The Bertz CT molecular complexity index is 614. The van der Waals surface area contributed by atoms with Gasteiger partial charge in [-0.05, 0) is 37.3 Å². The summed E-state index contributed by atoms with van der Waals surface area (Å²) < 4.78 is 5.57. The lowest BCUT2D eigenvalue weighted by atomic mass is 9.84. The van der Waals surface area contributed by atoms with Crippen LogP contribution < -0.4 is 10.6 Å². The molecule has 3 N–H and O–H groups in total. The van der Waals surface area contributed by atoms with Crippen LogP contribution in [0.25, 0.3) is 0 Å². The fraction of sp³-hybridized carbons (Fsp3) is 0.667. The number of aliphatic imine (C=N–C) groups is 1. The van der Waals surface area contributed by atoms with E-state index in [0.29, 0.717) is 13.2 Å². The number of ether oxygens (including phenoxy) is 1. The van der Waals surface area contributed by atoms with Crippen molar-refractivity contribution in [3.63, 3.8) is 0 Å². The lowest BCUT2D eigenvalue weighted by Gasteiger charge is -2.29. The van der Waals surface area contributed by atoms with Gasteiger partial charge < -0.3 is 20.5 Å². The highest BCUT2D eigenvalue weighted by Gasteiger charge is 2.34. The summed E-state index contributed by atoms with van der Waals surface area (Å²) in [5.74, 6) is 0.860. The Morgan fingerprint density at radius 1 is 1.30 bits per heavy atom. The van der Waals surface area contributed by atoms with Crippen LogP contribution in [0, 0.1) is 5.41 Å². The van der Waals surface area contributed by atoms with E-state index in [0.717, 1.165) is 64.6 Å². The second kappa shape index (κ2) is 10.1. The predicted molar refractivity (Wildman–Crippen MR) is 109 cm³/mol. The molecule has 0 saturated carbocycles. The highest BCUT2D eigenvalue weighted by Crippen LogP contribution is 2.32. The second-order valence-electron chi connectivity index (χ2n) is 7.69. The Morgan fingerprint density at radius 3 is 2.89 bits per heavy atom. The van der Waals surface area contributed by atoms with E-state index < -0.39 is 0 Å². The molecule has 27 heavy (non-hydrogen) atoms. The van der Waals surface area contributed by atoms with Crippen molar-refractivity contribution in [3.05, 3.63) is 35.4 Å². The van der Waals surface area contributed by atoms with Gasteiger partial charge in [-0.1, -0.05) is 24.3 Å². The van der Waals surface area contributed by atoms with Gasteiger partial charge in [-0.3, -0.25) is 9.89 Å². The molecule has 1 atom stereocenters. The van der Waals surface area contributed by atoms with E-state index in [2.05, 4.69) is 46.7 Å². The molecule has 2 heterocycles. The van der Waals surface area contributed by atoms with E-state index >= 15 is 0 Å². The van der Waals surface area contributed by atoms with E-state index in [-0.39, 0.29) is 12.0 Å². The van der Waals surface area contributed by atoms with Crippen LogP contribution in [0.1, 0.15) is 30.9 Å². The minimum absolute atomic E-state index is 0.00627. The first-order valence-electron chi connectivity index (χ1n) is 10.2. The van der Waals surface area contributed by atoms with Gasteiger partial charge >= 0.3 is 0 Å². The van der Waals surface area contributed by atoms with Gasteiger partial charge in [0.25, 0.3) is 0 Å². The predicted octanol–water partition coefficient (Wildman–Crippen LogP) is 1.39. The van der Waals surface area contributed by atoms with Gasteiger partial charge in [0.05, 0.1) is 13.2 Å². The molecule has 1 unspecified atom stereocenters. The van der Waals surface area contributed by atoms with Crippen LogP contribution in [0.5, 0.6) is 0 Å². The first-order chi connectivity index (χ1) is 13.2. The number of rotatable bonds is 8. The topological polar surface area (TPSA) is 69.1 Å². The van der Waals surface area contributed by atoms with Crippen molar-refractivity contribution >= 4 is 5.96 Å². The number of nitrogens with zero attached hydrogens (tertiary/aromatic N) is 2. The molecular formula is C21H34N4O2. The van der Waals surface area contributed by atoms with E-state index in [1.165, 1.54) is 11.1 Å². The second-order valence-corrected chi connectivity index (χ2v) is 7.69. The van der Waals surface area contributed by atoms with Crippen molar-refractivity contribution < 1.29 is 9.84 Å². The molecule has 0 aromatic heterocycles. The summed E-state index contributed by atoms with van der Waals surface area (Å²) in [7, 11) is 0. The highest BCUT2D eigenvalue weighted by molar-refractivity contribution is 5.79. The highest BCUT2D eigenvalue weighted by atomic mass is 16.5. The van der Waals surface area contributed by atoms with Crippen molar-refractivity contribution in [3.8, 4) is 0 Å². The van der Waals surface area contributed by atoms with Gasteiger partial charge in [-0.15, -0.1) is 0 Å². The molecule has 0 radical (unpaired) electrons. The number of fused-ring (bicyclic) bond motifs is 1. The Hall–Kier alpha value is -1.63. The molecule has 6 nitrogen and oxygen atoms in total. The average molecular weight is 375 g/mol. The third-order valence-corrected chi connectivity index (χ3v) is 5.67. The molecule has 1 fully saturated rings. The zero-order valence-corrected chi connectivity index (χ0v) is 16.5. The van der Waals surface area contributed by atoms with E-state index in [1.54, 1.807) is 0 Å². The standard InChI is InChI=1S/C21H34N4O2/c1-2-22-20(24-16-21(8-13-26)9-14-27-17-21)23-10-12-25-11-7-18-5-3-4-6-19(18)15-25/h3-6,26H,2,7-17H2,1H3,(H2,22,23,24). The van der Waals surface area contributed by atoms with Crippen LogP contribution in [0.15, 0.2) is 29.3 Å². The molecule has 3 rings (SSSR count). The number of guanidine groups is 1. The molecule has 1 aromatic rings. The van der Waals surface area contributed by atoms with Gasteiger partial charge in [0.2, 0.25) is 0 Å². The monoisotopic (exact) mass is 374 g/mol. The zero-order chi connectivity index (χ0) is 19.0. The Balaban J connectivity index is 1.48. The van der Waals surface area contributed by atoms with Gasteiger partial charge in [0, 0.05) is 51.4 Å². The molecule has 1 saturated heterocycles. The molecule has 2 aliphatic rings. The van der Waals surface area contributed by atoms with Crippen molar-refractivity contribution in [1.82, 2.24) is 15.5 Å². The Labute approximate surface area is 163 Å². The van der Waals surface area contributed by atoms with Gasteiger partial charge in [0.1, 0.15) is 0 Å². The largest absolute Gasteiger partial charge is 0.396 e. The molecule has 0 amide bonds. The van der Waals surface area contributed by atoms with Crippen molar-refractivity contribution in [2.24, 2.45) is 10.4 Å². The van der Waals surface area contributed by atoms with Crippen LogP contribution in [-0.4, -0.2) is 68.5 Å². The quantitative estimate of drug-likeness (QED) is 0.474. The normalized spacial score (nSPS) is 23.3. The van der Waals surface area contributed by atoms with Gasteiger partial charge in [-0.25, -0.2) is 0 Å². The summed E-state index contributed by atoms with van der Waals surface area (Å²) in [5.41, 5.74) is 2.94. The minimum Gasteiger partial charge on any atom is -0.396 e. The van der Waals surface area contributed by atoms with Crippen LogP contribution in [0.4, 0.5) is 0 Å². The molecule has 6 heteroatoms. The van der Waals surface area contributed by atoms with Crippen LogP contribution in [0.3, 0.4) is 0 Å². The van der Waals surface area contributed by atoms with Crippen molar-refractivity contribution in [2.45, 2.75) is 32.7 Å². The molecule has 0 aliphatic carbocycles. The molecule has 0 spiro atoms. The van der Waals surface area contributed by atoms with Crippen molar-refractivity contribution in [1.29, 1.82) is 0 Å². The van der Waals surface area contributed by atoms with Crippen LogP contribution in [0.2, 0.25) is 0 Å². The third kappa shape index (κ3) is 5.67. The van der Waals surface area contributed by atoms with Crippen LogP contribution in [-0.2, 0) is 17.7 Å². The number of hydrogen-bond acceptors (Lipinski definition) is 4. The summed E-state index contributed by atoms with van der Waals surface area (Å²) in [4.78, 5) is 7.29. The molecular weight excluding hydrogens is 340 g/mol. The lowest BCUT2D eigenvalue weighted by molar-refractivity contribution is 0.131. The summed E-state index contributed by atoms with van der Waals surface area (Å²) in [6, 6.07) is 8.75. The summed E-state index contributed by atoms with van der Waals surface area (Å²) in [5, 5.41) is 16.2. The lowest BCUT2D eigenvalue weighted by Crippen LogP contribution is -2.43. The van der Waals surface area contributed by atoms with E-state index in [9.17, 15) is 5.11 Å². The third-order valence-electron chi connectivity index (χ3n) is 5.67. The smallest absolute Gasteiger partial charge is 0.191 e. The SMILES string of the molecule is CCNC(=NCC1(CCO)CCOC1)NCCN1CCc2ccccc2C1. The van der Waals surface area contributed by atoms with E-state index in [4.69, 9.17) is 9.73 Å². The van der Waals surface area contributed by atoms with Gasteiger partial charge in [-0.2, -0.15) is 0 Å². The Morgan fingerprint density at radius 2 is 2.15 bits per heavy atom. The summed E-state index contributed by atoms with van der Waals surface area (Å²) in [6.45, 7) is 9.30. The summed E-state index contributed by atoms with van der Waals surface area (Å²) >= 11 is 0. The molecule has 1 aromatic carbocycles. The van der Waals surface area contributed by atoms with Gasteiger partial charge in [0.15, 0.2) is 5.96 Å². The number of aliphatic hydroxyl groups excluding tert-OH is 1. The number of nitrogens with one attached hydrogen (secondary N) is 2.